The fraction of sp³-hybridized carbons (Fsp3) is 0. The topological polar surface area (TPSA) is 16.4 Å². The van der Waals surface area contributed by atoms with Gasteiger partial charge < -0.3 is 9.32 Å². The second kappa shape index (κ2) is 13.9. The van der Waals surface area contributed by atoms with E-state index >= 15 is 0 Å². The first-order valence-electron chi connectivity index (χ1n) is 20.6. The van der Waals surface area contributed by atoms with Gasteiger partial charge in [-0.2, -0.15) is 0 Å². The largest absolute Gasteiger partial charge is 0.456 e. The first-order valence-corrected chi connectivity index (χ1v) is 20.6. The Balaban J connectivity index is 1.04. The van der Waals surface area contributed by atoms with E-state index in [0.29, 0.717) is 0 Å². The van der Waals surface area contributed by atoms with Gasteiger partial charge in [-0.25, -0.2) is 0 Å². The molecule has 0 N–H and O–H groups in total. The zero-order valence-electron chi connectivity index (χ0n) is 32.7. The SMILES string of the molecule is c1ccc(-c2ccc(N(c3cccc(-c4cccc(-c5cc6ccccc6c6ccccc56)c4)c3)c3ccc4c(c3)oc3cc5ccccc5cc34)c3ccccc23)cc1. The van der Waals surface area contributed by atoms with Gasteiger partial charge in [0.2, 0.25) is 0 Å². The minimum atomic E-state index is 0.861. The van der Waals surface area contributed by atoms with Gasteiger partial charge in [0.15, 0.2) is 0 Å². The highest BCUT2D eigenvalue weighted by molar-refractivity contribution is 6.14. The molecule has 11 aromatic carbocycles. The van der Waals surface area contributed by atoms with Gasteiger partial charge in [-0.05, 0) is 126 Å². The lowest BCUT2D eigenvalue weighted by Gasteiger charge is -2.28. The molecule has 0 saturated carbocycles. The monoisotopic (exact) mass is 763 g/mol. The zero-order chi connectivity index (χ0) is 39.6. The van der Waals surface area contributed by atoms with E-state index in [1.54, 1.807) is 0 Å². The Bertz CT molecular complexity index is 3620. The van der Waals surface area contributed by atoms with Crippen molar-refractivity contribution in [3.63, 3.8) is 0 Å². The fourth-order valence-electron chi connectivity index (χ4n) is 9.35. The second-order valence-electron chi connectivity index (χ2n) is 15.7. The third-order valence-corrected chi connectivity index (χ3v) is 12.2. The van der Waals surface area contributed by atoms with Gasteiger partial charge in [0.05, 0.1) is 5.69 Å². The summed E-state index contributed by atoms with van der Waals surface area (Å²) in [6.07, 6.45) is 0. The van der Waals surface area contributed by atoms with Crippen molar-refractivity contribution in [2.75, 3.05) is 4.90 Å². The maximum atomic E-state index is 6.67. The van der Waals surface area contributed by atoms with Crippen LogP contribution in [0.4, 0.5) is 17.1 Å². The van der Waals surface area contributed by atoms with Crippen molar-refractivity contribution < 1.29 is 4.42 Å². The summed E-state index contributed by atoms with van der Waals surface area (Å²) in [7, 11) is 0. The van der Waals surface area contributed by atoms with Crippen molar-refractivity contribution in [3.8, 4) is 33.4 Å². The molecule has 1 heterocycles. The number of hydrogen-bond donors (Lipinski definition) is 0. The standard InChI is InChI=1S/C58H37NO/c1-2-14-38(15-3-1)48-30-31-56(52-27-11-10-25-50(48)52)59(46-28-29-53-55-34-41-16-4-5-17-42(41)36-57(55)60-58(53)37-46)45-22-13-20-40(33-45)39-19-12-21-43(32-39)54-35-44-18-6-7-23-47(44)49-24-8-9-26-51(49)54/h1-37H. The molecule has 0 unspecified atom stereocenters. The first-order chi connectivity index (χ1) is 29.7. The Morgan fingerprint density at radius 2 is 0.850 bits per heavy atom. The molecule has 0 saturated heterocycles. The lowest BCUT2D eigenvalue weighted by Crippen LogP contribution is -2.10. The smallest absolute Gasteiger partial charge is 0.137 e. The minimum absolute atomic E-state index is 0.861. The molecule has 280 valence electrons. The van der Waals surface area contributed by atoms with Crippen LogP contribution >= 0.6 is 0 Å². The predicted molar refractivity (Wildman–Crippen MR) is 255 cm³/mol. The summed E-state index contributed by atoms with van der Waals surface area (Å²) in [5.41, 5.74) is 12.1. The van der Waals surface area contributed by atoms with Crippen LogP contribution in [0, 0.1) is 0 Å². The number of furan rings is 1. The summed E-state index contributed by atoms with van der Waals surface area (Å²) in [6, 6.07) is 81.3. The molecule has 2 heteroatoms. The van der Waals surface area contributed by atoms with Crippen LogP contribution in [0.2, 0.25) is 0 Å². The number of nitrogens with zero attached hydrogens (tertiary/aromatic N) is 1. The molecular formula is C58H37NO. The average molecular weight is 764 g/mol. The number of rotatable bonds is 6. The molecular weight excluding hydrogens is 727 g/mol. The van der Waals surface area contributed by atoms with Gasteiger partial charge in [0.25, 0.3) is 0 Å². The molecule has 60 heavy (non-hydrogen) atoms. The molecule has 0 amide bonds. The minimum Gasteiger partial charge on any atom is -0.456 e. The van der Waals surface area contributed by atoms with Crippen LogP contribution in [0.25, 0.3) is 98.4 Å². The maximum Gasteiger partial charge on any atom is 0.137 e. The fourth-order valence-corrected chi connectivity index (χ4v) is 9.35. The quantitative estimate of drug-likeness (QED) is 0.157. The van der Waals surface area contributed by atoms with Crippen LogP contribution < -0.4 is 4.90 Å². The predicted octanol–water partition coefficient (Wildman–Crippen LogP) is 16.7. The molecule has 0 aliphatic rings. The highest BCUT2D eigenvalue weighted by atomic mass is 16.3. The third-order valence-electron chi connectivity index (χ3n) is 12.2. The second-order valence-corrected chi connectivity index (χ2v) is 15.7. The Hall–Kier alpha value is -7.94. The molecule has 0 radical (unpaired) electrons. The van der Waals surface area contributed by atoms with E-state index in [9.17, 15) is 0 Å². The van der Waals surface area contributed by atoms with Crippen LogP contribution in [-0.2, 0) is 0 Å². The maximum absolute atomic E-state index is 6.67. The normalized spacial score (nSPS) is 11.7. The molecule has 0 aliphatic carbocycles. The van der Waals surface area contributed by atoms with E-state index in [2.05, 4.69) is 229 Å². The van der Waals surface area contributed by atoms with Crippen molar-refractivity contribution in [2.24, 2.45) is 0 Å². The van der Waals surface area contributed by atoms with Crippen molar-refractivity contribution in [1.82, 2.24) is 0 Å². The third kappa shape index (κ3) is 5.65. The van der Waals surface area contributed by atoms with Gasteiger partial charge in [0, 0.05) is 33.6 Å². The van der Waals surface area contributed by atoms with Crippen LogP contribution in [0.5, 0.6) is 0 Å². The van der Waals surface area contributed by atoms with E-state index in [1.165, 1.54) is 65.3 Å². The van der Waals surface area contributed by atoms with E-state index < -0.39 is 0 Å². The molecule has 12 aromatic rings. The van der Waals surface area contributed by atoms with Gasteiger partial charge in [-0.15, -0.1) is 0 Å². The van der Waals surface area contributed by atoms with E-state index in [0.717, 1.165) is 50.1 Å². The molecule has 0 atom stereocenters. The summed E-state index contributed by atoms with van der Waals surface area (Å²) in [5, 5.41) is 12.0. The summed E-state index contributed by atoms with van der Waals surface area (Å²) < 4.78 is 6.67. The van der Waals surface area contributed by atoms with Crippen LogP contribution in [0.3, 0.4) is 0 Å². The molecule has 0 fully saturated rings. The lowest BCUT2D eigenvalue weighted by molar-refractivity contribution is 0.669. The highest BCUT2D eigenvalue weighted by Gasteiger charge is 2.20. The average Bonchev–Trinajstić information content (AvgIpc) is 3.67. The van der Waals surface area contributed by atoms with Gasteiger partial charge in [-0.3, -0.25) is 0 Å². The molecule has 2 nitrogen and oxygen atoms in total. The van der Waals surface area contributed by atoms with E-state index in [-0.39, 0.29) is 0 Å². The van der Waals surface area contributed by atoms with Crippen molar-refractivity contribution in [3.05, 3.63) is 224 Å². The van der Waals surface area contributed by atoms with E-state index in [4.69, 9.17) is 4.42 Å². The number of fused-ring (bicyclic) bond motifs is 8. The van der Waals surface area contributed by atoms with Crippen LogP contribution in [0.15, 0.2) is 229 Å². The number of anilines is 3. The molecule has 12 rings (SSSR count). The molecule has 0 bridgehead atoms. The molecule has 0 spiro atoms. The molecule has 0 aliphatic heterocycles. The number of hydrogen-bond acceptors (Lipinski definition) is 2. The Morgan fingerprint density at radius 3 is 1.67 bits per heavy atom. The van der Waals surface area contributed by atoms with Crippen molar-refractivity contribution in [2.45, 2.75) is 0 Å². The summed E-state index contributed by atoms with van der Waals surface area (Å²) in [5.74, 6) is 0. The van der Waals surface area contributed by atoms with Gasteiger partial charge in [0.1, 0.15) is 11.2 Å². The first kappa shape index (κ1) is 34.1. The molecule has 1 aromatic heterocycles. The van der Waals surface area contributed by atoms with Gasteiger partial charge in [-0.1, -0.05) is 164 Å². The zero-order valence-corrected chi connectivity index (χ0v) is 32.7. The number of benzene rings is 11. The van der Waals surface area contributed by atoms with Crippen LogP contribution in [-0.4, -0.2) is 0 Å². The summed E-state index contributed by atoms with van der Waals surface area (Å²) >= 11 is 0. The Morgan fingerprint density at radius 1 is 0.267 bits per heavy atom. The summed E-state index contributed by atoms with van der Waals surface area (Å²) in [6.45, 7) is 0. The highest BCUT2D eigenvalue weighted by Crippen LogP contribution is 2.45. The Labute approximate surface area is 347 Å². The van der Waals surface area contributed by atoms with E-state index in [1.807, 2.05) is 0 Å². The van der Waals surface area contributed by atoms with Gasteiger partial charge >= 0.3 is 0 Å². The van der Waals surface area contributed by atoms with Crippen molar-refractivity contribution in [1.29, 1.82) is 0 Å². The van der Waals surface area contributed by atoms with Crippen molar-refractivity contribution >= 4 is 82.1 Å². The Kier molecular flexibility index (Phi) is 7.89. The van der Waals surface area contributed by atoms with Crippen LogP contribution in [0.1, 0.15) is 0 Å². The summed E-state index contributed by atoms with van der Waals surface area (Å²) in [4.78, 5) is 2.39. The lowest BCUT2D eigenvalue weighted by atomic mass is 9.92.